The molecule has 162 valence electrons. The maximum absolute atomic E-state index is 14.0. The smallest absolute Gasteiger partial charge is 0.171 e. The number of allylic oxidation sites excluding steroid dienone is 1. The van der Waals surface area contributed by atoms with E-state index in [0.717, 1.165) is 38.0 Å². The Morgan fingerprint density at radius 2 is 1.48 bits per heavy atom. The zero-order valence-corrected chi connectivity index (χ0v) is 19.8. The number of hydrogen-bond donors (Lipinski definition) is 0. The summed E-state index contributed by atoms with van der Waals surface area (Å²) in [5, 5.41) is 0. The molecule has 2 atom stereocenters. The van der Waals surface area contributed by atoms with Crippen molar-refractivity contribution in [1.82, 2.24) is 0 Å². The lowest BCUT2D eigenvalue weighted by atomic mass is 9.69. The molecule has 0 aliphatic heterocycles. The molecule has 0 aromatic heterocycles. The van der Waals surface area contributed by atoms with Gasteiger partial charge in [-0.1, -0.05) is 88.7 Å². The molecule has 0 spiro atoms. The SMILES string of the molecule is COc1ccc(C(=O)[C@@H]2c3ccc(Br)cc3C(c3ccccc3)=C[C@H]2c2ccccc2)cc1. The van der Waals surface area contributed by atoms with Crippen LogP contribution in [0.5, 0.6) is 5.75 Å². The van der Waals surface area contributed by atoms with E-state index in [1.807, 2.05) is 54.6 Å². The second-order valence-corrected chi connectivity index (χ2v) is 9.10. The molecule has 1 aliphatic carbocycles. The number of fused-ring (bicyclic) bond motifs is 1. The van der Waals surface area contributed by atoms with Gasteiger partial charge < -0.3 is 4.74 Å². The number of carbonyl (C=O) groups is 1. The number of methoxy groups -OCH3 is 1. The van der Waals surface area contributed by atoms with E-state index in [2.05, 4.69) is 70.5 Å². The number of carbonyl (C=O) groups excluding carboxylic acids is 1. The van der Waals surface area contributed by atoms with Crippen LogP contribution in [-0.2, 0) is 0 Å². The van der Waals surface area contributed by atoms with Crippen LogP contribution in [-0.4, -0.2) is 12.9 Å². The molecule has 2 nitrogen and oxygen atoms in total. The Morgan fingerprint density at radius 3 is 2.15 bits per heavy atom. The molecule has 33 heavy (non-hydrogen) atoms. The number of benzene rings is 4. The Hall–Kier alpha value is -3.43. The average molecular weight is 495 g/mol. The van der Waals surface area contributed by atoms with E-state index in [4.69, 9.17) is 4.74 Å². The Bertz CT molecular complexity index is 1310. The first-order chi connectivity index (χ1) is 16.2. The summed E-state index contributed by atoms with van der Waals surface area (Å²) in [5.74, 6) is 0.449. The van der Waals surface area contributed by atoms with Gasteiger partial charge in [0.25, 0.3) is 0 Å². The first kappa shape index (κ1) is 21.4. The van der Waals surface area contributed by atoms with Gasteiger partial charge in [-0.3, -0.25) is 4.79 Å². The van der Waals surface area contributed by atoms with Crippen molar-refractivity contribution in [3.8, 4) is 5.75 Å². The summed E-state index contributed by atoms with van der Waals surface area (Å²) < 4.78 is 6.29. The molecule has 0 saturated heterocycles. The van der Waals surface area contributed by atoms with Crippen LogP contribution in [0.2, 0.25) is 0 Å². The standard InChI is InChI=1S/C30H23BrO2/c1-33-24-15-12-22(13-16-24)30(32)29-25-17-14-23(31)18-28(25)26(20-8-4-2-5-9-20)19-27(29)21-10-6-3-7-11-21/h2-19,27,29H,1H3/t27-,29+/m0/s1. The molecule has 0 N–H and O–H groups in total. The Labute approximate surface area is 202 Å². The van der Waals surface area contributed by atoms with Crippen LogP contribution in [0, 0.1) is 0 Å². The summed E-state index contributed by atoms with van der Waals surface area (Å²) in [6.45, 7) is 0. The van der Waals surface area contributed by atoms with Gasteiger partial charge in [-0.2, -0.15) is 0 Å². The second-order valence-electron chi connectivity index (χ2n) is 8.18. The minimum Gasteiger partial charge on any atom is -0.497 e. The molecule has 0 amide bonds. The normalized spacial score (nSPS) is 17.1. The molecular formula is C30H23BrO2. The Morgan fingerprint density at radius 1 is 0.818 bits per heavy atom. The Balaban J connectivity index is 1.71. The minimum absolute atomic E-state index is 0.0790. The van der Waals surface area contributed by atoms with E-state index in [0.29, 0.717) is 5.56 Å². The number of ketones is 1. The molecule has 3 heteroatoms. The van der Waals surface area contributed by atoms with Crippen molar-refractivity contribution >= 4 is 27.3 Å². The fourth-order valence-electron chi connectivity index (χ4n) is 4.66. The van der Waals surface area contributed by atoms with Gasteiger partial charge in [-0.05, 0) is 64.2 Å². The largest absolute Gasteiger partial charge is 0.497 e. The first-order valence-electron chi connectivity index (χ1n) is 11.0. The molecule has 4 aromatic rings. The van der Waals surface area contributed by atoms with Crippen molar-refractivity contribution < 1.29 is 9.53 Å². The minimum atomic E-state index is -0.323. The predicted octanol–water partition coefficient (Wildman–Crippen LogP) is 7.65. The quantitative estimate of drug-likeness (QED) is 0.266. The number of rotatable bonds is 5. The number of Topliss-reactive ketones (excluding diaryl/α,β-unsaturated/α-hetero) is 1. The van der Waals surface area contributed by atoms with E-state index in [-0.39, 0.29) is 17.6 Å². The molecule has 5 rings (SSSR count). The fraction of sp³-hybridized carbons (Fsp3) is 0.100. The van der Waals surface area contributed by atoms with E-state index < -0.39 is 0 Å². The third-order valence-corrected chi connectivity index (χ3v) is 6.77. The average Bonchev–Trinajstić information content (AvgIpc) is 2.88. The molecule has 4 aromatic carbocycles. The molecular weight excluding hydrogens is 472 g/mol. The Kier molecular flexibility index (Phi) is 5.97. The number of hydrogen-bond acceptors (Lipinski definition) is 2. The van der Waals surface area contributed by atoms with E-state index in [1.54, 1.807) is 7.11 Å². The van der Waals surface area contributed by atoms with Crippen molar-refractivity contribution in [2.75, 3.05) is 7.11 Å². The molecule has 1 aliphatic rings. The summed E-state index contributed by atoms with van der Waals surface area (Å²) in [4.78, 5) is 14.0. The lowest BCUT2D eigenvalue weighted by Gasteiger charge is -2.33. The van der Waals surface area contributed by atoms with Crippen LogP contribution in [0.15, 0.2) is 114 Å². The molecule has 0 radical (unpaired) electrons. The van der Waals surface area contributed by atoms with Gasteiger partial charge in [0, 0.05) is 16.0 Å². The summed E-state index contributed by atoms with van der Waals surface area (Å²) in [6, 6.07) is 34.4. The van der Waals surface area contributed by atoms with E-state index in [9.17, 15) is 4.79 Å². The van der Waals surface area contributed by atoms with Crippen LogP contribution < -0.4 is 4.74 Å². The van der Waals surface area contributed by atoms with Gasteiger partial charge in [0.15, 0.2) is 5.78 Å². The third kappa shape index (κ3) is 4.17. The number of ether oxygens (including phenoxy) is 1. The van der Waals surface area contributed by atoms with Gasteiger partial charge in [0.1, 0.15) is 5.75 Å². The molecule has 0 unspecified atom stereocenters. The van der Waals surface area contributed by atoms with Crippen LogP contribution in [0.1, 0.15) is 44.4 Å². The van der Waals surface area contributed by atoms with E-state index >= 15 is 0 Å². The van der Waals surface area contributed by atoms with Gasteiger partial charge in [-0.25, -0.2) is 0 Å². The van der Waals surface area contributed by atoms with Crippen molar-refractivity contribution in [2.24, 2.45) is 0 Å². The van der Waals surface area contributed by atoms with Gasteiger partial charge >= 0.3 is 0 Å². The topological polar surface area (TPSA) is 26.3 Å². The summed E-state index contributed by atoms with van der Waals surface area (Å²) in [6.07, 6.45) is 2.27. The fourth-order valence-corrected chi connectivity index (χ4v) is 5.03. The van der Waals surface area contributed by atoms with Crippen molar-refractivity contribution in [2.45, 2.75) is 11.8 Å². The van der Waals surface area contributed by atoms with Crippen LogP contribution in [0.4, 0.5) is 0 Å². The molecule has 0 bridgehead atoms. The summed E-state index contributed by atoms with van der Waals surface area (Å²) in [7, 11) is 1.63. The third-order valence-electron chi connectivity index (χ3n) is 6.27. The highest BCUT2D eigenvalue weighted by molar-refractivity contribution is 9.10. The number of halogens is 1. The highest BCUT2D eigenvalue weighted by Gasteiger charge is 2.36. The second kappa shape index (κ2) is 9.21. The maximum atomic E-state index is 14.0. The van der Waals surface area contributed by atoms with Gasteiger partial charge in [0.2, 0.25) is 0 Å². The van der Waals surface area contributed by atoms with Crippen molar-refractivity contribution in [3.05, 3.63) is 141 Å². The lowest BCUT2D eigenvalue weighted by Crippen LogP contribution is -2.24. The van der Waals surface area contributed by atoms with Crippen LogP contribution in [0.25, 0.3) is 5.57 Å². The first-order valence-corrected chi connectivity index (χ1v) is 11.8. The van der Waals surface area contributed by atoms with Crippen molar-refractivity contribution in [1.29, 1.82) is 0 Å². The molecule has 0 heterocycles. The van der Waals surface area contributed by atoms with Gasteiger partial charge in [0.05, 0.1) is 13.0 Å². The summed E-state index contributed by atoms with van der Waals surface area (Å²) >= 11 is 3.64. The van der Waals surface area contributed by atoms with Gasteiger partial charge in [-0.15, -0.1) is 0 Å². The zero-order chi connectivity index (χ0) is 22.8. The lowest BCUT2D eigenvalue weighted by molar-refractivity contribution is 0.0952. The zero-order valence-electron chi connectivity index (χ0n) is 18.2. The predicted molar refractivity (Wildman–Crippen MR) is 137 cm³/mol. The van der Waals surface area contributed by atoms with E-state index in [1.165, 1.54) is 0 Å². The molecule has 0 saturated carbocycles. The van der Waals surface area contributed by atoms with Crippen LogP contribution >= 0.6 is 15.9 Å². The maximum Gasteiger partial charge on any atom is 0.171 e. The monoisotopic (exact) mass is 494 g/mol. The highest BCUT2D eigenvalue weighted by Crippen LogP contribution is 2.47. The molecule has 0 fully saturated rings. The van der Waals surface area contributed by atoms with Crippen LogP contribution in [0.3, 0.4) is 0 Å². The summed E-state index contributed by atoms with van der Waals surface area (Å²) in [5.41, 5.74) is 6.26. The highest BCUT2D eigenvalue weighted by atomic mass is 79.9. The van der Waals surface area contributed by atoms with Crippen molar-refractivity contribution in [3.63, 3.8) is 0 Å².